The summed E-state index contributed by atoms with van der Waals surface area (Å²) in [6.45, 7) is 1.91. The molecule has 0 saturated carbocycles. The molecule has 7 heteroatoms. The summed E-state index contributed by atoms with van der Waals surface area (Å²) in [5.41, 5.74) is 7.70. The average Bonchev–Trinajstić information content (AvgIpc) is 2.59. The van der Waals surface area contributed by atoms with Crippen LogP contribution in [0.5, 0.6) is 0 Å². The van der Waals surface area contributed by atoms with E-state index < -0.39 is 17.1 Å². The van der Waals surface area contributed by atoms with Crippen LogP contribution in [0, 0.1) is 17.0 Å². The molecule has 24 heavy (non-hydrogen) atoms. The highest BCUT2D eigenvalue weighted by molar-refractivity contribution is 5.95. The number of rotatable bonds is 6. The van der Waals surface area contributed by atoms with Crippen LogP contribution in [-0.2, 0) is 0 Å². The van der Waals surface area contributed by atoms with Gasteiger partial charge in [-0.3, -0.25) is 14.9 Å². The molecule has 2 aromatic carbocycles. The maximum Gasteiger partial charge on any atom is 0.269 e. The van der Waals surface area contributed by atoms with E-state index >= 15 is 0 Å². The van der Waals surface area contributed by atoms with Crippen molar-refractivity contribution >= 4 is 11.6 Å². The quantitative estimate of drug-likeness (QED) is 0.550. The van der Waals surface area contributed by atoms with E-state index in [0.717, 1.165) is 5.56 Å². The number of nitrogens with one attached hydrogen (secondary N) is 1. The molecule has 1 amide bonds. The Morgan fingerprint density at radius 1 is 1.25 bits per heavy atom. The molecular weight excluding hydrogens is 310 g/mol. The summed E-state index contributed by atoms with van der Waals surface area (Å²) in [6.07, 6.45) is -1.04. The van der Waals surface area contributed by atoms with Crippen LogP contribution in [0.25, 0.3) is 0 Å². The zero-order chi connectivity index (χ0) is 17.7. The molecule has 0 radical (unpaired) electrons. The summed E-state index contributed by atoms with van der Waals surface area (Å²) in [6, 6.07) is 11.9. The Labute approximate surface area is 139 Å². The maximum atomic E-state index is 12.1. The fourth-order valence-corrected chi connectivity index (χ4v) is 2.29. The minimum absolute atomic E-state index is 0.0626. The number of amides is 1. The lowest BCUT2D eigenvalue weighted by molar-refractivity contribution is -0.384. The number of hydrogen-bond acceptors (Lipinski definition) is 5. The maximum absolute atomic E-state index is 12.1. The Bertz CT molecular complexity index is 731. The van der Waals surface area contributed by atoms with Gasteiger partial charge in [0.2, 0.25) is 0 Å². The predicted molar refractivity (Wildman–Crippen MR) is 89.5 cm³/mol. The van der Waals surface area contributed by atoms with E-state index in [9.17, 15) is 20.0 Å². The summed E-state index contributed by atoms with van der Waals surface area (Å²) in [4.78, 5) is 22.2. The summed E-state index contributed by atoms with van der Waals surface area (Å²) in [5.74, 6) is -0.264. The van der Waals surface area contributed by atoms with E-state index in [0.29, 0.717) is 11.1 Å². The number of carbonyl (C=O) groups is 1. The molecule has 0 saturated heterocycles. The second-order valence-electron chi connectivity index (χ2n) is 5.48. The highest BCUT2D eigenvalue weighted by atomic mass is 16.6. The summed E-state index contributed by atoms with van der Waals surface area (Å²) in [5, 5.41) is 23.5. The Hall–Kier alpha value is -2.77. The molecule has 0 fully saturated rings. The van der Waals surface area contributed by atoms with E-state index in [2.05, 4.69) is 5.32 Å². The number of nitrogens with zero attached hydrogens (tertiary/aromatic N) is 1. The van der Waals surface area contributed by atoms with Crippen molar-refractivity contribution in [3.05, 3.63) is 75.3 Å². The molecule has 0 spiro atoms. The molecule has 0 aliphatic carbocycles. The standard InChI is InChI=1S/C17H19N3O4/c1-11-4-2-3-5-14(11)17(22)19-10-15(18)16(21)12-6-8-13(9-7-12)20(23)24/h2-9,15-16,21H,10,18H2,1H3,(H,19,22)/t15-,16-/m0/s1. The zero-order valence-electron chi connectivity index (χ0n) is 13.2. The minimum atomic E-state index is -1.04. The number of non-ortho nitro benzene ring substituents is 1. The first-order valence-corrected chi connectivity index (χ1v) is 7.42. The van der Waals surface area contributed by atoms with Crippen LogP contribution in [0.4, 0.5) is 5.69 Å². The number of benzene rings is 2. The van der Waals surface area contributed by atoms with E-state index in [4.69, 9.17) is 5.73 Å². The number of carbonyl (C=O) groups excluding carboxylic acids is 1. The molecule has 2 aromatic rings. The lowest BCUT2D eigenvalue weighted by Crippen LogP contribution is -2.41. The summed E-state index contributed by atoms with van der Waals surface area (Å²) < 4.78 is 0. The van der Waals surface area contributed by atoms with Gasteiger partial charge in [0.15, 0.2) is 0 Å². The van der Waals surface area contributed by atoms with E-state index in [-0.39, 0.29) is 18.1 Å². The largest absolute Gasteiger partial charge is 0.387 e. The molecule has 0 aliphatic rings. The molecule has 2 atom stereocenters. The second-order valence-corrected chi connectivity index (χ2v) is 5.48. The SMILES string of the molecule is Cc1ccccc1C(=O)NC[C@H](N)[C@@H](O)c1ccc([N+](=O)[O-])cc1. The molecule has 2 rings (SSSR count). The number of aryl methyl sites for hydroxylation is 1. The lowest BCUT2D eigenvalue weighted by atomic mass is 10.0. The Kier molecular flexibility index (Phi) is 5.62. The van der Waals surface area contributed by atoms with Crippen LogP contribution in [0.2, 0.25) is 0 Å². The smallest absolute Gasteiger partial charge is 0.269 e. The van der Waals surface area contributed by atoms with Gasteiger partial charge in [-0.25, -0.2) is 0 Å². The Balaban J connectivity index is 1.96. The molecule has 126 valence electrons. The predicted octanol–water partition coefficient (Wildman–Crippen LogP) is 1.69. The van der Waals surface area contributed by atoms with Gasteiger partial charge in [-0.15, -0.1) is 0 Å². The van der Waals surface area contributed by atoms with Crippen LogP contribution in [0.15, 0.2) is 48.5 Å². The molecule has 0 bridgehead atoms. The lowest BCUT2D eigenvalue weighted by Gasteiger charge is -2.20. The average molecular weight is 329 g/mol. The number of aliphatic hydroxyl groups excluding tert-OH is 1. The Morgan fingerprint density at radius 2 is 1.88 bits per heavy atom. The normalized spacial score (nSPS) is 13.1. The van der Waals surface area contributed by atoms with Crippen molar-refractivity contribution in [3.8, 4) is 0 Å². The fourth-order valence-electron chi connectivity index (χ4n) is 2.29. The fraction of sp³-hybridized carbons (Fsp3) is 0.235. The topological polar surface area (TPSA) is 118 Å². The van der Waals surface area contributed by atoms with Crippen LogP contribution in [0.1, 0.15) is 27.6 Å². The van der Waals surface area contributed by atoms with E-state index in [1.54, 1.807) is 12.1 Å². The van der Waals surface area contributed by atoms with E-state index in [1.807, 2.05) is 19.1 Å². The van der Waals surface area contributed by atoms with Crippen molar-refractivity contribution in [2.24, 2.45) is 5.73 Å². The van der Waals surface area contributed by atoms with Gasteiger partial charge in [0, 0.05) is 24.2 Å². The molecule has 0 heterocycles. The first-order chi connectivity index (χ1) is 11.4. The molecular formula is C17H19N3O4. The number of hydrogen-bond donors (Lipinski definition) is 3. The van der Waals surface area contributed by atoms with Gasteiger partial charge >= 0.3 is 0 Å². The van der Waals surface area contributed by atoms with Gasteiger partial charge in [-0.05, 0) is 36.2 Å². The van der Waals surface area contributed by atoms with Crippen LogP contribution in [0.3, 0.4) is 0 Å². The molecule has 0 aromatic heterocycles. The highest BCUT2D eigenvalue weighted by Gasteiger charge is 2.19. The minimum Gasteiger partial charge on any atom is -0.387 e. The molecule has 0 unspecified atom stereocenters. The van der Waals surface area contributed by atoms with Crippen LogP contribution in [-0.4, -0.2) is 28.5 Å². The van der Waals surface area contributed by atoms with Crippen molar-refractivity contribution in [2.75, 3.05) is 6.54 Å². The van der Waals surface area contributed by atoms with Crippen molar-refractivity contribution in [1.82, 2.24) is 5.32 Å². The van der Waals surface area contributed by atoms with Gasteiger partial charge in [0.25, 0.3) is 11.6 Å². The number of nitro groups is 1. The third kappa shape index (κ3) is 4.15. The van der Waals surface area contributed by atoms with Crippen molar-refractivity contribution in [2.45, 2.75) is 19.1 Å². The van der Waals surface area contributed by atoms with Gasteiger partial charge in [0.05, 0.1) is 17.1 Å². The van der Waals surface area contributed by atoms with Gasteiger partial charge in [0.1, 0.15) is 0 Å². The third-order valence-electron chi connectivity index (χ3n) is 3.74. The van der Waals surface area contributed by atoms with Crippen LogP contribution >= 0.6 is 0 Å². The third-order valence-corrected chi connectivity index (χ3v) is 3.74. The van der Waals surface area contributed by atoms with Gasteiger partial charge in [-0.2, -0.15) is 0 Å². The first-order valence-electron chi connectivity index (χ1n) is 7.42. The molecule has 0 aliphatic heterocycles. The number of nitro benzene ring substituents is 1. The zero-order valence-corrected chi connectivity index (χ0v) is 13.2. The van der Waals surface area contributed by atoms with Crippen molar-refractivity contribution < 1.29 is 14.8 Å². The van der Waals surface area contributed by atoms with E-state index in [1.165, 1.54) is 24.3 Å². The number of nitrogens with two attached hydrogens (primary N) is 1. The van der Waals surface area contributed by atoms with Gasteiger partial charge < -0.3 is 16.2 Å². The Morgan fingerprint density at radius 3 is 2.46 bits per heavy atom. The van der Waals surface area contributed by atoms with Gasteiger partial charge in [-0.1, -0.05) is 18.2 Å². The molecule has 7 nitrogen and oxygen atoms in total. The second kappa shape index (κ2) is 7.67. The summed E-state index contributed by atoms with van der Waals surface area (Å²) >= 11 is 0. The molecule has 4 N–H and O–H groups in total. The first kappa shape index (κ1) is 17.6. The van der Waals surface area contributed by atoms with Crippen molar-refractivity contribution in [3.63, 3.8) is 0 Å². The summed E-state index contributed by atoms with van der Waals surface area (Å²) in [7, 11) is 0. The number of aliphatic hydroxyl groups is 1. The van der Waals surface area contributed by atoms with Crippen molar-refractivity contribution in [1.29, 1.82) is 0 Å². The highest BCUT2D eigenvalue weighted by Crippen LogP contribution is 2.19. The van der Waals surface area contributed by atoms with Crippen LogP contribution < -0.4 is 11.1 Å². The monoisotopic (exact) mass is 329 g/mol.